The van der Waals surface area contributed by atoms with Crippen molar-refractivity contribution >= 4 is 11.4 Å². The molecular formula is C16H26N2O. The van der Waals surface area contributed by atoms with Gasteiger partial charge in [-0.3, -0.25) is 0 Å². The summed E-state index contributed by atoms with van der Waals surface area (Å²) in [6.07, 6.45) is 1.30. The molecule has 1 heterocycles. The van der Waals surface area contributed by atoms with Crippen molar-refractivity contribution < 1.29 is 4.74 Å². The van der Waals surface area contributed by atoms with Crippen LogP contribution in [-0.2, 0) is 0 Å². The smallest absolute Gasteiger partial charge is 0.123 e. The number of benzene rings is 1. The van der Waals surface area contributed by atoms with E-state index >= 15 is 0 Å². The van der Waals surface area contributed by atoms with Gasteiger partial charge in [-0.2, -0.15) is 0 Å². The molecule has 3 heteroatoms. The lowest BCUT2D eigenvalue weighted by atomic mass is 9.85. The highest BCUT2D eigenvalue weighted by atomic mass is 16.5. The summed E-state index contributed by atoms with van der Waals surface area (Å²) in [6.45, 7) is 10.7. The minimum atomic E-state index is 0.549. The van der Waals surface area contributed by atoms with Crippen molar-refractivity contribution in [3.8, 4) is 5.75 Å². The average Bonchev–Trinajstić information content (AvgIpc) is 2.33. The first-order valence-electron chi connectivity index (χ1n) is 7.31. The molecule has 3 nitrogen and oxygen atoms in total. The van der Waals surface area contributed by atoms with E-state index in [4.69, 9.17) is 10.5 Å². The lowest BCUT2D eigenvalue weighted by Crippen LogP contribution is -2.45. The van der Waals surface area contributed by atoms with Crippen molar-refractivity contribution in [2.24, 2.45) is 11.8 Å². The molecule has 106 valence electrons. The van der Waals surface area contributed by atoms with Gasteiger partial charge in [0.1, 0.15) is 5.75 Å². The standard InChI is InChI=1S/C16H26N2O/c1-5-19-16-8-14(17)7-15(9-16)18-10-11(2)6-12(3)13(18)4/h7-9,11-13H,5-6,10,17H2,1-4H3. The number of rotatable bonds is 3. The largest absolute Gasteiger partial charge is 0.494 e. The monoisotopic (exact) mass is 262 g/mol. The summed E-state index contributed by atoms with van der Waals surface area (Å²) in [5, 5.41) is 0. The second-order valence-electron chi connectivity index (χ2n) is 5.90. The molecule has 3 unspecified atom stereocenters. The van der Waals surface area contributed by atoms with Crippen LogP contribution in [0.1, 0.15) is 34.1 Å². The van der Waals surface area contributed by atoms with E-state index < -0.39 is 0 Å². The molecule has 2 N–H and O–H groups in total. The third kappa shape index (κ3) is 3.14. The summed E-state index contributed by atoms with van der Waals surface area (Å²) in [7, 11) is 0. The fraction of sp³-hybridized carbons (Fsp3) is 0.625. The van der Waals surface area contributed by atoms with Crippen molar-refractivity contribution in [2.45, 2.75) is 40.2 Å². The molecule has 2 rings (SSSR count). The van der Waals surface area contributed by atoms with Gasteiger partial charge in [0.2, 0.25) is 0 Å². The topological polar surface area (TPSA) is 38.5 Å². The van der Waals surface area contributed by atoms with Gasteiger partial charge >= 0.3 is 0 Å². The van der Waals surface area contributed by atoms with Crippen LogP contribution >= 0.6 is 0 Å². The van der Waals surface area contributed by atoms with Crippen molar-refractivity contribution in [2.75, 3.05) is 23.8 Å². The lowest BCUT2D eigenvalue weighted by Gasteiger charge is -2.42. The first-order chi connectivity index (χ1) is 9.01. The molecule has 0 aliphatic carbocycles. The van der Waals surface area contributed by atoms with Gasteiger partial charge in [0.25, 0.3) is 0 Å². The fourth-order valence-electron chi connectivity index (χ4n) is 3.08. The minimum Gasteiger partial charge on any atom is -0.494 e. The van der Waals surface area contributed by atoms with Crippen LogP contribution in [-0.4, -0.2) is 19.2 Å². The lowest BCUT2D eigenvalue weighted by molar-refractivity contribution is 0.296. The van der Waals surface area contributed by atoms with E-state index in [2.05, 4.69) is 37.8 Å². The van der Waals surface area contributed by atoms with Crippen LogP contribution in [0.2, 0.25) is 0 Å². The molecule has 1 aliphatic rings. The molecule has 0 saturated carbocycles. The highest BCUT2D eigenvalue weighted by Crippen LogP contribution is 2.34. The molecule has 0 amide bonds. The van der Waals surface area contributed by atoms with Crippen molar-refractivity contribution in [1.29, 1.82) is 0 Å². The number of hydrogen-bond donors (Lipinski definition) is 1. The predicted molar refractivity (Wildman–Crippen MR) is 81.8 cm³/mol. The van der Waals surface area contributed by atoms with Crippen LogP contribution in [0.15, 0.2) is 18.2 Å². The summed E-state index contributed by atoms with van der Waals surface area (Å²) in [6, 6.07) is 6.62. The van der Waals surface area contributed by atoms with E-state index in [1.807, 2.05) is 13.0 Å². The van der Waals surface area contributed by atoms with Crippen LogP contribution in [0, 0.1) is 11.8 Å². The molecule has 0 bridgehead atoms. The molecule has 19 heavy (non-hydrogen) atoms. The quantitative estimate of drug-likeness (QED) is 0.847. The normalized spacial score (nSPS) is 27.4. The van der Waals surface area contributed by atoms with E-state index in [1.54, 1.807) is 0 Å². The maximum absolute atomic E-state index is 6.00. The Hall–Kier alpha value is -1.38. The molecule has 1 fully saturated rings. The Morgan fingerprint density at radius 2 is 2.00 bits per heavy atom. The Bertz CT molecular complexity index is 433. The van der Waals surface area contributed by atoms with Crippen molar-refractivity contribution in [3.63, 3.8) is 0 Å². The van der Waals surface area contributed by atoms with E-state index in [1.165, 1.54) is 12.1 Å². The summed E-state index contributed by atoms with van der Waals surface area (Å²) in [5.74, 6) is 2.31. The molecule has 0 radical (unpaired) electrons. The molecular weight excluding hydrogens is 236 g/mol. The number of nitrogen functional groups attached to an aromatic ring is 1. The van der Waals surface area contributed by atoms with Crippen LogP contribution in [0.4, 0.5) is 11.4 Å². The Kier molecular flexibility index (Phi) is 4.23. The average molecular weight is 262 g/mol. The van der Waals surface area contributed by atoms with Crippen LogP contribution in [0.25, 0.3) is 0 Å². The van der Waals surface area contributed by atoms with Crippen LogP contribution < -0.4 is 15.4 Å². The molecule has 1 aliphatic heterocycles. The van der Waals surface area contributed by atoms with Gasteiger partial charge in [-0.25, -0.2) is 0 Å². The van der Waals surface area contributed by atoms with Gasteiger partial charge in [0, 0.05) is 36.1 Å². The Morgan fingerprint density at radius 3 is 2.68 bits per heavy atom. The van der Waals surface area contributed by atoms with Gasteiger partial charge < -0.3 is 15.4 Å². The summed E-state index contributed by atoms with van der Waals surface area (Å²) >= 11 is 0. The Balaban J connectivity index is 2.28. The third-order valence-electron chi connectivity index (χ3n) is 4.15. The number of anilines is 2. The second kappa shape index (κ2) is 5.72. The molecule has 1 aromatic rings. The molecule has 0 aromatic heterocycles. The van der Waals surface area contributed by atoms with Crippen LogP contribution in [0.5, 0.6) is 5.75 Å². The second-order valence-corrected chi connectivity index (χ2v) is 5.90. The number of ether oxygens (including phenoxy) is 1. The SMILES string of the molecule is CCOc1cc(N)cc(N2CC(C)CC(C)C2C)c1. The van der Waals surface area contributed by atoms with Gasteiger partial charge in [0.15, 0.2) is 0 Å². The first-order valence-corrected chi connectivity index (χ1v) is 7.31. The first kappa shape index (κ1) is 14.0. The maximum Gasteiger partial charge on any atom is 0.123 e. The van der Waals surface area contributed by atoms with Gasteiger partial charge in [-0.1, -0.05) is 13.8 Å². The highest BCUT2D eigenvalue weighted by molar-refractivity contribution is 5.61. The van der Waals surface area contributed by atoms with Crippen molar-refractivity contribution in [3.05, 3.63) is 18.2 Å². The third-order valence-corrected chi connectivity index (χ3v) is 4.15. The number of hydrogen-bond acceptors (Lipinski definition) is 3. The van der Waals surface area contributed by atoms with Gasteiger partial charge in [0.05, 0.1) is 6.61 Å². The predicted octanol–water partition coefficient (Wildman–Crippen LogP) is 3.54. The highest BCUT2D eigenvalue weighted by Gasteiger charge is 2.29. The van der Waals surface area contributed by atoms with E-state index in [9.17, 15) is 0 Å². The Labute approximate surface area is 116 Å². The number of nitrogens with zero attached hydrogens (tertiary/aromatic N) is 1. The fourth-order valence-corrected chi connectivity index (χ4v) is 3.08. The molecule has 1 saturated heterocycles. The summed E-state index contributed by atoms with van der Waals surface area (Å²) in [5.41, 5.74) is 7.97. The summed E-state index contributed by atoms with van der Waals surface area (Å²) < 4.78 is 5.60. The Morgan fingerprint density at radius 1 is 1.26 bits per heavy atom. The number of piperidine rings is 1. The maximum atomic E-state index is 6.00. The van der Waals surface area contributed by atoms with E-state index in [-0.39, 0.29) is 0 Å². The summed E-state index contributed by atoms with van der Waals surface area (Å²) in [4.78, 5) is 2.47. The zero-order valence-electron chi connectivity index (χ0n) is 12.5. The van der Waals surface area contributed by atoms with Crippen molar-refractivity contribution in [1.82, 2.24) is 0 Å². The number of nitrogens with two attached hydrogens (primary N) is 1. The zero-order chi connectivity index (χ0) is 14.0. The molecule has 1 aromatic carbocycles. The van der Waals surface area contributed by atoms with E-state index in [0.29, 0.717) is 18.6 Å². The van der Waals surface area contributed by atoms with Crippen LogP contribution in [0.3, 0.4) is 0 Å². The zero-order valence-corrected chi connectivity index (χ0v) is 12.5. The molecule has 3 atom stereocenters. The van der Waals surface area contributed by atoms with Gasteiger partial charge in [-0.05, 0) is 38.2 Å². The minimum absolute atomic E-state index is 0.549. The van der Waals surface area contributed by atoms with Gasteiger partial charge in [-0.15, -0.1) is 0 Å². The van der Waals surface area contributed by atoms with E-state index in [0.717, 1.165) is 23.9 Å². The molecule has 0 spiro atoms.